The standard InChI is InChI=1S/C15H20BF3N2O3/c1-13(2)14(3,4)24-16(23-13)10-6-5-7-11(8-10)21-12(22)20-9-15(17,18)19/h5-8H,9H2,1-4H3,(H2,20,21,22). The summed E-state index contributed by atoms with van der Waals surface area (Å²) in [6, 6.07) is 5.68. The number of carbonyl (C=O) groups excluding carboxylic acids is 1. The third-order valence-corrected chi connectivity index (χ3v) is 4.12. The third kappa shape index (κ3) is 4.42. The topological polar surface area (TPSA) is 59.6 Å². The van der Waals surface area contributed by atoms with Crippen LogP contribution in [-0.4, -0.2) is 37.1 Å². The minimum absolute atomic E-state index is 0.349. The van der Waals surface area contributed by atoms with Gasteiger partial charge >= 0.3 is 19.3 Å². The summed E-state index contributed by atoms with van der Waals surface area (Å²) in [5, 5.41) is 4.11. The molecule has 0 radical (unpaired) electrons. The van der Waals surface area contributed by atoms with E-state index in [1.165, 1.54) is 0 Å². The van der Waals surface area contributed by atoms with Crippen molar-refractivity contribution >= 4 is 24.3 Å². The fourth-order valence-corrected chi connectivity index (χ4v) is 2.10. The van der Waals surface area contributed by atoms with Crippen molar-refractivity contribution < 1.29 is 27.3 Å². The van der Waals surface area contributed by atoms with Crippen molar-refractivity contribution in [3.63, 3.8) is 0 Å². The predicted octanol–water partition coefficient (Wildman–Crippen LogP) is 2.67. The summed E-state index contributed by atoms with van der Waals surface area (Å²) >= 11 is 0. The molecule has 0 spiro atoms. The average molecular weight is 344 g/mol. The van der Waals surface area contributed by atoms with E-state index in [-0.39, 0.29) is 0 Å². The molecule has 0 saturated carbocycles. The Bertz CT molecular complexity index is 604. The summed E-state index contributed by atoms with van der Waals surface area (Å²) in [6.07, 6.45) is -4.46. The molecular weight excluding hydrogens is 324 g/mol. The first-order chi connectivity index (χ1) is 10.9. The Morgan fingerprint density at radius 3 is 2.29 bits per heavy atom. The fraction of sp³-hybridized carbons (Fsp3) is 0.533. The minimum atomic E-state index is -4.46. The summed E-state index contributed by atoms with van der Waals surface area (Å²) in [5.74, 6) is 0. The van der Waals surface area contributed by atoms with Gasteiger partial charge in [-0.1, -0.05) is 12.1 Å². The highest BCUT2D eigenvalue weighted by atomic mass is 19.4. The van der Waals surface area contributed by atoms with Crippen LogP contribution in [0.1, 0.15) is 27.7 Å². The van der Waals surface area contributed by atoms with Crippen LogP contribution in [0.15, 0.2) is 24.3 Å². The lowest BCUT2D eigenvalue weighted by atomic mass is 9.79. The Hall–Kier alpha value is -1.74. The summed E-state index contributed by atoms with van der Waals surface area (Å²) in [4.78, 5) is 11.5. The molecule has 0 aromatic heterocycles. The van der Waals surface area contributed by atoms with Gasteiger partial charge in [-0.3, -0.25) is 0 Å². The van der Waals surface area contributed by atoms with Crippen LogP contribution in [0, 0.1) is 0 Å². The highest BCUT2D eigenvalue weighted by Crippen LogP contribution is 2.36. The molecule has 5 nitrogen and oxygen atoms in total. The number of nitrogens with one attached hydrogen (secondary N) is 2. The summed E-state index contributed by atoms with van der Waals surface area (Å²) in [6.45, 7) is 6.27. The molecule has 1 aromatic rings. The van der Waals surface area contributed by atoms with Crippen LogP contribution in [0.3, 0.4) is 0 Å². The van der Waals surface area contributed by atoms with Crippen LogP contribution in [0.25, 0.3) is 0 Å². The molecular formula is C15H20BF3N2O3. The maximum absolute atomic E-state index is 12.1. The Kier molecular flexibility index (Phi) is 4.87. The van der Waals surface area contributed by atoms with Gasteiger partial charge in [0, 0.05) is 5.69 Å². The van der Waals surface area contributed by atoms with Gasteiger partial charge in [0.2, 0.25) is 0 Å². The fourth-order valence-electron chi connectivity index (χ4n) is 2.10. The normalized spacial score (nSPS) is 19.2. The molecule has 1 aliphatic heterocycles. The molecule has 1 heterocycles. The zero-order valence-electron chi connectivity index (χ0n) is 14.0. The molecule has 0 atom stereocenters. The van der Waals surface area contributed by atoms with Crippen molar-refractivity contribution in [3.8, 4) is 0 Å². The Morgan fingerprint density at radius 2 is 1.75 bits per heavy atom. The van der Waals surface area contributed by atoms with Crippen molar-refractivity contribution in [3.05, 3.63) is 24.3 Å². The average Bonchev–Trinajstić information content (AvgIpc) is 2.65. The maximum Gasteiger partial charge on any atom is 0.494 e. The predicted molar refractivity (Wildman–Crippen MR) is 85.2 cm³/mol. The Labute approximate surface area is 139 Å². The molecule has 0 unspecified atom stereocenters. The van der Waals surface area contributed by atoms with Crippen LogP contribution >= 0.6 is 0 Å². The van der Waals surface area contributed by atoms with Gasteiger partial charge in [-0.25, -0.2) is 4.79 Å². The molecule has 1 saturated heterocycles. The quantitative estimate of drug-likeness (QED) is 0.829. The second kappa shape index (κ2) is 6.29. The van der Waals surface area contributed by atoms with Gasteiger partial charge in [0.25, 0.3) is 0 Å². The summed E-state index contributed by atoms with van der Waals surface area (Å²) < 4.78 is 48.1. The monoisotopic (exact) mass is 344 g/mol. The van der Waals surface area contributed by atoms with Crippen molar-refractivity contribution in [2.45, 2.75) is 45.1 Å². The van der Waals surface area contributed by atoms with Crippen LogP contribution in [0.2, 0.25) is 0 Å². The zero-order chi connectivity index (χ0) is 18.2. The zero-order valence-corrected chi connectivity index (χ0v) is 14.0. The van der Waals surface area contributed by atoms with E-state index in [1.807, 2.05) is 27.7 Å². The lowest BCUT2D eigenvalue weighted by Gasteiger charge is -2.32. The number of hydrogen-bond donors (Lipinski definition) is 2. The van der Waals surface area contributed by atoms with Gasteiger partial charge in [-0.2, -0.15) is 13.2 Å². The maximum atomic E-state index is 12.1. The first-order valence-electron chi connectivity index (χ1n) is 7.47. The number of carbonyl (C=O) groups is 1. The number of urea groups is 1. The molecule has 0 bridgehead atoms. The van der Waals surface area contributed by atoms with E-state index in [2.05, 4.69) is 5.32 Å². The molecule has 24 heavy (non-hydrogen) atoms. The number of anilines is 1. The molecule has 2 amide bonds. The highest BCUT2D eigenvalue weighted by Gasteiger charge is 2.51. The number of rotatable bonds is 3. The molecule has 0 aliphatic carbocycles. The van der Waals surface area contributed by atoms with Crippen LogP contribution in [0.4, 0.5) is 23.7 Å². The van der Waals surface area contributed by atoms with Gasteiger partial charge in [-0.15, -0.1) is 0 Å². The lowest BCUT2D eigenvalue weighted by Crippen LogP contribution is -2.41. The first kappa shape index (κ1) is 18.6. The molecule has 1 aromatic carbocycles. The third-order valence-electron chi connectivity index (χ3n) is 4.12. The van der Waals surface area contributed by atoms with Crippen molar-refractivity contribution in [1.29, 1.82) is 0 Å². The SMILES string of the molecule is CC1(C)OB(c2cccc(NC(=O)NCC(F)(F)F)c2)OC1(C)C. The van der Waals surface area contributed by atoms with Crippen LogP contribution in [-0.2, 0) is 9.31 Å². The highest BCUT2D eigenvalue weighted by molar-refractivity contribution is 6.62. The number of halogens is 3. The van der Waals surface area contributed by atoms with E-state index in [0.29, 0.717) is 11.2 Å². The van der Waals surface area contributed by atoms with E-state index < -0.39 is 37.1 Å². The number of hydrogen-bond acceptors (Lipinski definition) is 3. The molecule has 132 valence electrons. The first-order valence-corrected chi connectivity index (χ1v) is 7.47. The van der Waals surface area contributed by atoms with Gasteiger partial charge in [0.05, 0.1) is 11.2 Å². The summed E-state index contributed by atoms with van der Waals surface area (Å²) in [7, 11) is -0.616. The minimum Gasteiger partial charge on any atom is -0.399 e. The second-order valence-electron chi connectivity index (χ2n) is 6.64. The Balaban J connectivity index is 2.04. The van der Waals surface area contributed by atoms with Crippen molar-refractivity contribution in [1.82, 2.24) is 5.32 Å². The van der Waals surface area contributed by atoms with Crippen molar-refractivity contribution in [2.24, 2.45) is 0 Å². The largest absolute Gasteiger partial charge is 0.494 e. The van der Waals surface area contributed by atoms with Gasteiger partial charge in [-0.05, 0) is 45.3 Å². The molecule has 1 aliphatic rings. The molecule has 2 rings (SSSR count). The number of alkyl halides is 3. The van der Waals surface area contributed by atoms with E-state index in [9.17, 15) is 18.0 Å². The number of amides is 2. The van der Waals surface area contributed by atoms with Crippen LogP contribution < -0.4 is 16.1 Å². The van der Waals surface area contributed by atoms with Gasteiger partial charge in [0.15, 0.2) is 0 Å². The van der Waals surface area contributed by atoms with Crippen LogP contribution in [0.5, 0.6) is 0 Å². The second-order valence-corrected chi connectivity index (χ2v) is 6.64. The number of benzene rings is 1. The molecule has 1 fully saturated rings. The van der Waals surface area contributed by atoms with E-state index in [1.54, 1.807) is 29.6 Å². The van der Waals surface area contributed by atoms with E-state index >= 15 is 0 Å². The summed E-state index contributed by atoms with van der Waals surface area (Å²) in [5.41, 5.74) is 0.000246. The molecule has 9 heteroatoms. The van der Waals surface area contributed by atoms with E-state index in [0.717, 1.165) is 0 Å². The molecule has 2 N–H and O–H groups in total. The van der Waals surface area contributed by atoms with E-state index in [4.69, 9.17) is 9.31 Å². The van der Waals surface area contributed by atoms with Gasteiger partial charge in [0.1, 0.15) is 6.54 Å². The smallest absolute Gasteiger partial charge is 0.399 e. The van der Waals surface area contributed by atoms with Crippen molar-refractivity contribution in [2.75, 3.05) is 11.9 Å². The van der Waals surface area contributed by atoms with Gasteiger partial charge < -0.3 is 19.9 Å². The lowest BCUT2D eigenvalue weighted by molar-refractivity contribution is -0.122. The Morgan fingerprint density at radius 1 is 1.17 bits per heavy atom.